The zero-order valence-electron chi connectivity index (χ0n) is 22.9. The Morgan fingerprint density at radius 1 is 1.15 bits per heavy atom. The molecule has 2 fully saturated rings. The van der Waals surface area contributed by atoms with Crippen molar-refractivity contribution in [1.29, 1.82) is 0 Å². The molecule has 4 heterocycles. The van der Waals surface area contributed by atoms with Gasteiger partial charge in [0.15, 0.2) is 5.65 Å². The largest absolute Gasteiger partial charge is 0.444 e. The number of imidazole rings is 1. The van der Waals surface area contributed by atoms with Crippen LogP contribution in [0.25, 0.3) is 16.4 Å². The summed E-state index contributed by atoms with van der Waals surface area (Å²) in [6, 6.07) is 14.6. The first-order valence-electron chi connectivity index (χ1n) is 13.5. The van der Waals surface area contributed by atoms with E-state index in [9.17, 15) is 4.79 Å². The maximum atomic E-state index is 12.8. The molecule has 1 N–H and O–H groups in total. The Labute approximate surface area is 233 Å². The number of aromatic nitrogens is 3. The SMILES string of the molecule is C[C@H]1CC2(CCN(c3ncc(Sc4cccc5ccccc45)c4nccn34)CC2NC(=O)OC(C)(C)C)CO1. The van der Waals surface area contributed by atoms with Gasteiger partial charge in [-0.15, -0.1) is 0 Å². The number of hydrogen-bond acceptors (Lipinski definition) is 7. The number of rotatable bonds is 4. The summed E-state index contributed by atoms with van der Waals surface area (Å²) in [6.45, 7) is 9.82. The van der Waals surface area contributed by atoms with Gasteiger partial charge in [0.2, 0.25) is 5.95 Å². The highest BCUT2D eigenvalue weighted by Gasteiger charge is 2.49. The lowest BCUT2D eigenvalue weighted by Crippen LogP contribution is -2.60. The highest BCUT2D eigenvalue weighted by Crippen LogP contribution is 2.43. The van der Waals surface area contributed by atoms with Crippen LogP contribution in [0.5, 0.6) is 0 Å². The van der Waals surface area contributed by atoms with Crippen LogP contribution in [0.2, 0.25) is 0 Å². The Balaban J connectivity index is 1.29. The van der Waals surface area contributed by atoms with E-state index in [1.54, 1.807) is 11.8 Å². The summed E-state index contributed by atoms with van der Waals surface area (Å²) in [4.78, 5) is 26.9. The molecule has 0 radical (unpaired) electrons. The van der Waals surface area contributed by atoms with Gasteiger partial charge in [-0.25, -0.2) is 14.8 Å². The molecule has 0 aliphatic carbocycles. The summed E-state index contributed by atoms with van der Waals surface area (Å²) in [5.74, 6) is 0.822. The van der Waals surface area contributed by atoms with E-state index in [2.05, 4.69) is 64.0 Å². The van der Waals surface area contributed by atoms with Gasteiger partial charge in [-0.2, -0.15) is 0 Å². The minimum Gasteiger partial charge on any atom is -0.444 e. The summed E-state index contributed by atoms with van der Waals surface area (Å²) in [5, 5.41) is 5.61. The highest BCUT2D eigenvalue weighted by atomic mass is 32.2. The molecule has 204 valence electrons. The van der Waals surface area contributed by atoms with Crippen LogP contribution in [0.4, 0.5) is 10.7 Å². The molecule has 2 aromatic carbocycles. The standard InChI is InChI=1S/C30H35N5O3S/c1-20-16-30(19-37-20)12-14-34(18-25(30)33-28(36)38-29(2,3)4)27-32-17-24(26-31-13-15-35(26)27)39-23-11-7-9-21-8-5-6-10-22(21)23/h5-11,13,15,17,20,25H,12,14,16,18-19H2,1-4H3,(H,33,36)/t20-,25?,30?/m0/s1. The zero-order chi connectivity index (χ0) is 27.2. The number of nitrogens with zero attached hydrogens (tertiary/aromatic N) is 4. The second-order valence-corrected chi connectivity index (χ2v) is 12.8. The van der Waals surface area contributed by atoms with Crippen molar-refractivity contribution >= 4 is 40.2 Å². The number of anilines is 1. The van der Waals surface area contributed by atoms with Gasteiger partial charge >= 0.3 is 6.09 Å². The van der Waals surface area contributed by atoms with E-state index in [1.165, 1.54) is 15.7 Å². The van der Waals surface area contributed by atoms with Crippen molar-refractivity contribution in [2.45, 2.75) is 68.1 Å². The number of piperidine rings is 1. The molecule has 1 amide bonds. The van der Waals surface area contributed by atoms with E-state index in [-0.39, 0.29) is 17.6 Å². The van der Waals surface area contributed by atoms with Gasteiger partial charge in [-0.1, -0.05) is 48.2 Å². The van der Waals surface area contributed by atoms with Crippen LogP contribution >= 0.6 is 11.8 Å². The summed E-state index contributed by atoms with van der Waals surface area (Å²) in [7, 11) is 0. The number of amides is 1. The first-order valence-corrected chi connectivity index (χ1v) is 14.4. The average molecular weight is 546 g/mol. The normalized spacial score (nSPS) is 23.5. The lowest BCUT2D eigenvalue weighted by molar-refractivity contribution is 0.0385. The molecule has 0 saturated carbocycles. The number of nitrogens with one attached hydrogen (secondary N) is 1. The van der Waals surface area contributed by atoms with E-state index in [0.29, 0.717) is 13.2 Å². The number of alkyl carbamates (subject to hydrolysis) is 1. The van der Waals surface area contributed by atoms with Crippen molar-refractivity contribution in [3.8, 4) is 0 Å². The number of benzene rings is 2. The van der Waals surface area contributed by atoms with Gasteiger partial charge in [-0.05, 0) is 57.4 Å². The van der Waals surface area contributed by atoms with Crippen molar-refractivity contribution in [3.63, 3.8) is 0 Å². The monoisotopic (exact) mass is 545 g/mol. The van der Waals surface area contributed by atoms with Crippen LogP contribution in [0, 0.1) is 5.41 Å². The van der Waals surface area contributed by atoms with Crippen molar-refractivity contribution in [3.05, 3.63) is 61.1 Å². The van der Waals surface area contributed by atoms with E-state index >= 15 is 0 Å². The molecule has 2 saturated heterocycles. The van der Waals surface area contributed by atoms with Crippen molar-refractivity contribution in [2.24, 2.45) is 5.41 Å². The van der Waals surface area contributed by atoms with Gasteiger partial charge in [0.25, 0.3) is 0 Å². The van der Waals surface area contributed by atoms with Crippen LogP contribution in [-0.4, -0.2) is 57.9 Å². The van der Waals surface area contributed by atoms with Gasteiger partial charge in [0.1, 0.15) is 5.60 Å². The lowest BCUT2D eigenvalue weighted by atomic mass is 9.73. The quantitative estimate of drug-likeness (QED) is 0.340. The van der Waals surface area contributed by atoms with E-state index < -0.39 is 11.7 Å². The molecule has 6 rings (SSSR count). The third-order valence-corrected chi connectivity index (χ3v) is 8.77. The van der Waals surface area contributed by atoms with Crippen LogP contribution in [0.1, 0.15) is 40.5 Å². The predicted molar refractivity (Wildman–Crippen MR) is 154 cm³/mol. The van der Waals surface area contributed by atoms with Gasteiger partial charge in [0, 0.05) is 42.0 Å². The topological polar surface area (TPSA) is 81.0 Å². The Bertz CT molecular complexity index is 1510. The summed E-state index contributed by atoms with van der Waals surface area (Å²) in [6.07, 6.45) is 7.29. The number of fused-ring (bicyclic) bond motifs is 2. The molecular formula is C30H35N5O3S. The second kappa shape index (κ2) is 10.0. The van der Waals surface area contributed by atoms with Gasteiger partial charge < -0.3 is 19.7 Å². The Kier molecular flexibility index (Phi) is 6.67. The molecule has 2 aliphatic heterocycles. The number of hydrogen-bond donors (Lipinski definition) is 1. The van der Waals surface area contributed by atoms with E-state index in [4.69, 9.17) is 19.4 Å². The molecule has 9 heteroatoms. The molecule has 3 atom stereocenters. The van der Waals surface area contributed by atoms with Crippen LogP contribution in [0.15, 0.2) is 70.8 Å². The Morgan fingerprint density at radius 3 is 2.77 bits per heavy atom. The van der Waals surface area contributed by atoms with Gasteiger partial charge in [0.05, 0.1) is 23.6 Å². The maximum absolute atomic E-state index is 12.8. The van der Waals surface area contributed by atoms with Crippen molar-refractivity contribution in [2.75, 3.05) is 24.6 Å². The van der Waals surface area contributed by atoms with E-state index in [0.717, 1.165) is 35.9 Å². The minimum absolute atomic E-state index is 0.120. The molecule has 8 nitrogen and oxygen atoms in total. The Morgan fingerprint density at radius 2 is 1.97 bits per heavy atom. The molecule has 2 aromatic heterocycles. The molecule has 4 aromatic rings. The van der Waals surface area contributed by atoms with Crippen LogP contribution < -0.4 is 10.2 Å². The summed E-state index contributed by atoms with van der Waals surface area (Å²) < 4.78 is 13.7. The van der Waals surface area contributed by atoms with Crippen LogP contribution in [0.3, 0.4) is 0 Å². The second-order valence-electron chi connectivity index (χ2n) is 11.7. The first kappa shape index (κ1) is 26.0. The predicted octanol–water partition coefficient (Wildman–Crippen LogP) is 5.93. The average Bonchev–Trinajstić information content (AvgIpc) is 3.53. The molecule has 0 bridgehead atoms. The fraction of sp³-hybridized carbons (Fsp3) is 0.433. The first-order chi connectivity index (χ1) is 18.7. The smallest absolute Gasteiger partial charge is 0.407 e. The number of carbonyl (C=O) groups is 1. The zero-order valence-corrected chi connectivity index (χ0v) is 23.7. The molecule has 1 spiro atoms. The third kappa shape index (κ3) is 5.17. The van der Waals surface area contributed by atoms with Crippen LogP contribution in [-0.2, 0) is 9.47 Å². The third-order valence-electron chi connectivity index (χ3n) is 7.69. The summed E-state index contributed by atoms with van der Waals surface area (Å²) in [5.41, 5.74) is 0.186. The van der Waals surface area contributed by atoms with Crippen molar-refractivity contribution < 1.29 is 14.3 Å². The highest BCUT2D eigenvalue weighted by molar-refractivity contribution is 7.99. The van der Waals surface area contributed by atoms with E-state index in [1.807, 2.05) is 39.4 Å². The number of ether oxygens (including phenoxy) is 2. The molecular weight excluding hydrogens is 510 g/mol. The molecule has 2 unspecified atom stereocenters. The van der Waals surface area contributed by atoms with Gasteiger partial charge in [-0.3, -0.25) is 4.40 Å². The maximum Gasteiger partial charge on any atom is 0.407 e. The fourth-order valence-corrected chi connectivity index (χ4v) is 6.90. The number of carbonyl (C=O) groups excluding carboxylic acids is 1. The molecule has 39 heavy (non-hydrogen) atoms. The summed E-state index contributed by atoms with van der Waals surface area (Å²) >= 11 is 1.68. The fourth-order valence-electron chi connectivity index (χ4n) is 5.88. The Hall–Kier alpha value is -3.30. The lowest BCUT2D eigenvalue weighted by Gasteiger charge is -2.45. The molecule has 2 aliphatic rings. The van der Waals surface area contributed by atoms with Crippen molar-refractivity contribution in [1.82, 2.24) is 19.7 Å². The minimum atomic E-state index is -0.562.